The molecular formula is C17H25N3O4. The zero-order chi connectivity index (χ0) is 18.3. The van der Waals surface area contributed by atoms with Gasteiger partial charge >= 0.3 is 12.0 Å². The summed E-state index contributed by atoms with van der Waals surface area (Å²) >= 11 is 0. The summed E-state index contributed by atoms with van der Waals surface area (Å²) in [4.78, 5) is 34.7. The van der Waals surface area contributed by atoms with Crippen LogP contribution >= 0.6 is 0 Å². The van der Waals surface area contributed by atoms with Crippen molar-refractivity contribution in [1.82, 2.24) is 10.6 Å². The summed E-state index contributed by atoms with van der Waals surface area (Å²) in [5.41, 5.74) is 1.16. The standard InChI is InChI=1S/C17H25N3O4/c1-5-18-15(23)12-7-6-11(2)13(10-12)19-16(24)20-17(3,4)9-8-14(21)22/h6-7,10H,5,8-9H2,1-4H3,(H,18,23)(H,21,22)(H2,19,20,24). The molecule has 0 radical (unpaired) electrons. The molecule has 24 heavy (non-hydrogen) atoms. The van der Waals surface area contributed by atoms with Crippen molar-refractivity contribution in [2.45, 2.75) is 46.1 Å². The average molecular weight is 335 g/mol. The summed E-state index contributed by atoms with van der Waals surface area (Å²) in [5, 5.41) is 16.9. The minimum Gasteiger partial charge on any atom is -0.481 e. The molecule has 0 spiro atoms. The van der Waals surface area contributed by atoms with Gasteiger partial charge in [0.25, 0.3) is 5.91 Å². The van der Waals surface area contributed by atoms with Crippen molar-refractivity contribution in [3.8, 4) is 0 Å². The van der Waals surface area contributed by atoms with Gasteiger partial charge in [0.1, 0.15) is 0 Å². The van der Waals surface area contributed by atoms with Gasteiger partial charge in [-0.2, -0.15) is 0 Å². The predicted octanol–water partition coefficient (Wildman–Crippen LogP) is 2.51. The summed E-state index contributed by atoms with van der Waals surface area (Å²) in [6.45, 7) is 7.69. The van der Waals surface area contributed by atoms with Crippen LogP contribution in [0.2, 0.25) is 0 Å². The Morgan fingerprint density at radius 2 is 1.88 bits per heavy atom. The predicted molar refractivity (Wildman–Crippen MR) is 92.3 cm³/mol. The number of rotatable bonds is 7. The Morgan fingerprint density at radius 1 is 1.21 bits per heavy atom. The maximum Gasteiger partial charge on any atom is 0.319 e. The number of carbonyl (C=O) groups excluding carboxylic acids is 2. The lowest BCUT2D eigenvalue weighted by Crippen LogP contribution is -2.45. The first-order valence-corrected chi connectivity index (χ1v) is 7.84. The first kappa shape index (κ1) is 19.5. The molecule has 0 atom stereocenters. The Labute approximate surface area is 141 Å². The van der Waals surface area contributed by atoms with Crippen molar-refractivity contribution in [1.29, 1.82) is 0 Å². The zero-order valence-corrected chi connectivity index (χ0v) is 14.5. The van der Waals surface area contributed by atoms with Gasteiger partial charge in [0.15, 0.2) is 0 Å². The fraction of sp³-hybridized carbons (Fsp3) is 0.471. The molecule has 0 bridgehead atoms. The van der Waals surface area contributed by atoms with Crippen LogP contribution in [-0.4, -0.2) is 35.1 Å². The number of carboxylic acids is 1. The van der Waals surface area contributed by atoms with E-state index in [1.165, 1.54) is 0 Å². The Hall–Kier alpha value is -2.57. The smallest absolute Gasteiger partial charge is 0.319 e. The number of carboxylic acid groups (broad SMARTS) is 1. The number of benzene rings is 1. The molecule has 0 aliphatic rings. The Bertz CT molecular complexity index is 626. The third-order valence-corrected chi connectivity index (χ3v) is 3.50. The second kappa shape index (κ2) is 8.33. The largest absolute Gasteiger partial charge is 0.481 e. The van der Waals surface area contributed by atoms with Crippen molar-refractivity contribution >= 4 is 23.6 Å². The number of hydrogen-bond donors (Lipinski definition) is 4. The summed E-state index contributed by atoms with van der Waals surface area (Å²) < 4.78 is 0. The Kier molecular flexibility index (Phi) is 6.76. The van der Waals surface area contributed by atoms with Crippen molar-refractivity contribution in [3.05, 3.63) is 29.3 Å². The number of urea groups is 1. The van der Waals surface area contributed by atoms with Crippen molar-refractivity contribution in [2.24, 2.45) is 0 Å². The Morgan fingerprint density at radius 3 is 2.46 bits per heavy atom. The molecule has 0 unspecified atom stereocenters. The molecule has 4 N–H and O–H groups in total. The van der Waals surface area contributed by atoms with E-state index in [1.807, 2.05) is 13.8 Å². The van der Waals surface area contributed by atoms with E-state index in [0.29, 0.717) is 24.2 Å². The lowest BCUT2D eigenvalue weighted by Gasteiger charge is -2.26. The lowest BCUT2D eigenvalue weighted by molar-refractivity contribution is -0.137. The molecule has 132 valence electrons. The molecule has 1 rings (SSSR count). The van der Waals surface area contributed by atoms with Crippen LogP contribution in [0, 0.1) is 6.92 Å². The van der Waals surface area contributed by atoms with Crippen LogP contribution in [0.3, 0.4) is 0 Å². The van der Waals surface area contributed by atoms with Gasteiger partial charge in [-0.05, 0) is 51.8 Å². The van der Waals surface area contributed by atoms with Crippen LogP contribution in [-0.2, 0) is 4.79 Å². The third-order valence-electron chi connectivity index (χ3n) is 3.50. The monoisotopic (exact) mass is 335 g/mol. The first-order chi connectivity index (χ1) is 11.1. The van der Waals surface area contributed by atoms with Crippen molar-refractivity contribution in [2.75, 3.05) is 11.9 Å². The Balaban J connectivity index is 2.77. The van der Waals surface area contributed by atoms with E-state index in [4.69, 9.17) is 5.11 Å². The van der Waals surface area contributed by atoms with E-state index >= 15 is 0 Å². The van der Waals surface area contributed by atoms with E-state index < -0.39 is 17.5 Å². The average Bonchev–Trinajstić information content (AvgIpc) is 2.47. The van der Waals surface area contributed by atoms with Crippen LogP contribution in [0.25, 0.3) is 0 Å². The zero-order valence-electron chi connectivity index (χ0n) is 14.5. The number of aliphatic carboxylic acids is 1. The molecule has 7 heteroatoms. The van der Waals surface area contributed by atoms with Crippen LogP contribution in [0.5, 0.6) is 0 Å². The second-order valence-electron chi connectivity index (χ2n) is 6.25. The molecule has 1 aromatic carbocycles. The van der Waals surface area contributed by atoms with E-state index in [-0.39, 0.29) is 12.3 Å². The van der Waals surface area contributed by atoms with Gasteiger partial charge in [0.05, 0.1) is 0 Å². The molecule has 0 fully saturated rings. The summed E-state index contributed by atoms with van der Waals surface area (Å²) in [5.74, 6) is -1.11. The van der Waals surface area contributed by atoms with Crippen LogP contribution in [0.4, 0.5) is 10.5 Å². The molecule has 1 aromatic rings. The van der Waals surface area contributed by atoms with E-state index in [1.54, 1.807) is 32.0 Å². The van der Waals surface area contributed by atoms with E-state index in [0.717, 1.165) is 5.56 Å². The molecule has 0 saturated heterocycles. The number of anilines is 1. The molecule has 3 amide bonds. The number of aryl methyl sites for hydroxylation is 1. The highest BCUT2D eigenvalue weighted by atomic mass is 16.4. The van der Waals surface area contributed by atoms with Gasteiger partial charge in [-0.3, -0.25) is 9.59 Å². The van der Waals surface area contributed by atoms with Gasteiger partial charge < -0.3 is 21.1 Å². The van der Waals surface area contributed by atoms with Gasteiger partial charge in [-0.1, -0.05) is 6.07 Å². The number of hydrogen-bond acceptors (Lipinski definition) is 3. The maximum atomic E-state index is 12.2. The highest BCUT2D eigenvalue weighted by Gasteiger charge is 2.22. The molecule has 0 heterocycles. The van der Waals surface area contributed by atoms with Gasteiger partial charge in [0.2, 0.25) is 0 Å². The number of amides is 3. The summed E-state index contributed by atoms with van der Waals surface area (Å²) in [6, 6.07) is 4.63. The fourth-order valence-corrected chi connectivity index (χ4v) is 2.10. The highest BCUT2D eigenvalue weighted by Crippen LogP contribution is 2.18. The third kappa shape index (κ3) is 6.28. The molecule has 0 aromatic heterocycles. The SMILES string of the molecule is CCNC(=O)c1ccc(C)c(NC(=O)NC(C)(C)CCC(=O)O)c1. The molecule has 0 aliphatic heterocycles. The van der Waals surface area contributed by atoms with Gasteiger partial charge in [-0.15, -0.1) is 0 Å². The van der Waals surface area contributed by atoms with Gasteiger partial charge in [0, 0.05) is 29.8 Å². The lowest BCUT2D eigenvalue weighted by atomic mass is 9.99. The summed E-state index contributed by atoms with van der Waals surface area (Å²) in [7, 11) is 0. The fourth-order valence-electron chi connectivity index (χ4n) is 2.10. The minimum absolute atomic E-state index is 0.0288. The number of carbonyl (C=O) groups is 3. The van der Waals surface area contributed by atoms with Crippen molar-refractivity contribution in [3.63, 3.8) is 0 Å². The minimum atomic E-state index is -0.907. The maximum absolute atomic E-state index is 12.2. The normalized spacial score (nSPS) is 10.8. The topological polar surface area (TPSA) is 108 Å². The number of nitrogens with one attached hydrogen (secondary N) is 3. The molecule has 7 nitrogen and oxygen atoms in total. The second-order valence-corrected chi connectivity index (χ2v) is 6.25. The first-order valence-electron chi connectivity index (χ1n) is 7.84. The van der Waals surface area contributed by atoms with Crippen molar-refractivity contribution < 1.29 is 19.5 Å². The van der Waals surface area contributed by atoms with Crippen LogP contribution < -0.4 is 16.0 Å². The molecule has 0 saturated carbocycles. The molecule has 0 aliphatic carbocycles. The van der Waals surface area contributed by atoms with Crippen LogP contribution in [0.15, 0.2) is 18.2 Å². The highest BCUT2D eigenvalue weighted by molar-refractivity contribution is 5.97. The molecular weight excluding hydrogens is 310 g/mol. The van der Waals surface area contributed by atoms with Gasteiger partial charge in [-0.25, -0.2) is 4.79 Å². The quantitative estimate of drug-likeness (QED) is 0.614. The van der Waals surface area contributed by atoms with E-state index in [2.05, 4.69) is 16.0 Å². The van der Waals surface area contributed by atoms with Crippen LogP contribution in [0.1, 0.15) is 49.5 Å². The van der Waals surface area contributed by atoms with E-state index in [9.17, 15) is 14.4 Å². The summed E-state index contributed by atoms with van der Waals surface area (Å²) in [6.07, 6.45) is 0.284.